The van der Waals surface area contributed by atoms with Crippen LogP contribution in [0.4, 0.5) is 4.39 Å². The van der Waals surface area contributed by atoms with Gasteiger partial charge in [-0.2, -0.15) is 0 Å². The van der Waals surface area contributed by atoms with Gasteiger partial charge in [0.2, 0.25) is 5.91 Å². The predicted octanol–water partition coefficient (Wildman–Crippen LogP) is 3.87. The van der Waals surface area contributed by atoms with Crippen LogP contribution < -0.4 is 5.32 Å². The number of hydrogen-bond acceptors (Lipinski definition) is 2. The molecule has 0 saturated carbocycles. The van der Waals surface area contributed by atoms with Crippen LogP contribution in [-0.4, -0.2) is 36.5 Å². The molecule has 0 radical (unpaired) electrons. The number of hydrogen-bond donors (Lipinski definition) is 1. The van der Waals surface area contributed by atoms with Crippen LogP contribution in [0, 0.1) is 5.82 Å². The summed E-state index contributed by atoms with van der Waals surface area (Å²) in [5, 5.41) is 3.13. The van der Waals surface area contributed by atoms with Gasteiger partial charge in [0.05, 0.1) is 5.02 Å². The van der Waals surface area contributed by atoms with Crippen LogP contribution in [0.25, 0.3) is 6.08 Å². The lowest BCUT2D eigenvalue weighted by Gasteiger charge is -2.33. The van der Waals surface area contributed by atoms with E-state index >= 15 is 0 Å². The molecule has 1 aliphatic rings. The summed E-state index contributed by atoms with van der Waals surface area (Å²) >= 11 is 5.91. The fourth-order valence-corrected chi connectivity index (χ4v) is 3.10. The molecule has 0 bridgehead atoms. The molecule has 1 fully saturated rings. The van der Waals surface area contributed by atoms with Crippen LogP contribution >= 0.6 is 11.6 Å². The molecule has 1 aromatic rings. The van der Waals surface area contributed by atoms with E-state index in [1.165, 1.54) is 43.5 Å². The van der Waals surface area contributed by atoms with Gasteiger partial charge in [-0.1, -0.05) is 24.1 Å². The van der Waals surface area contributed by atoms with Crippen molar-refractivity contribution in [3.8, 4) is 0 Å². The average molecular weight is 339 g/mol. The maximum Gasteiger partial charge on any atom is 0.244 e. The van der Waals surface area contributed by atoms with Crippen LogP contribution in [0.1, 0.15) is 38.2 Å². The number of likely N-dealkylation sites (tertiary alicyclic amines) is 1. The van der Waals surface area contributed by atoms with Gasteiger partial charge in [0.15, 0.2) is 0 Å². The first-order valence-corrected chi connectivity index (χ1v) is 8.59. The smallest absolute Gasteiger partial charge is 0.244 e. The van der Waals surface area contributed by atoms with Crippen LogP contribution in [0.15, 0.2) is 24.3 Å². The van der Waals surface area contributed by atoms with E-state index in [9.17, 15) is 9.18 Å². The number of carbonyl (C=O) groups excluding carboxylic acids is 1. The predicted molar refractivity (Wildman–Crippen MR) is 93.0 cm³/mol. The third kappa shape index (κ3) is 5.63. The molecule has 1 saturated heterocycles. The van der Waals surface area contributed by atoms with Gasteiger partial charge in [0, 0.05) is 30.8 Å². The number of nitrogens with one attached hydrogen (secondary N) is 1. The molecule has 3 nitrogen and oxygen atoms in total. The van der Waals surface area contributed by atoms with E-state index in [1.807, 2.05) is 0 Å². The molecule has 0 unspecified atom stereocenters. The summed E-state index contributed by atoms with van der Waals surface area (Å²) in [6, 6.07) is 5.10. The number of piperidine rings is 1. The van der Waals surface area contributed by atoms with Gasteiger partial charge in [-0.15, -0.1) is 0 Å². The highest BCUT2D eigenvalue weighted by Crippen LogP contribution is 2.20. The fourth-order valence-electron chi connectivity index (χ4n) is 2.87. The lowest BCUT2D eigenvalue weighted by molar-refractivity contribution is -0.116. The van der Waals surface area contributed by atoms with Gasteiger partial charge >= 0.3 is 0 Å². The summed E-state index contributed by atoms with van der Waals surface area (Å²) in [6.45, 7) is 5.04. The second-order valence-corrected chi connectivity index (χ2v) is 6.40. The summed E-state index contributed by atoms with van der Waals surface area (Å²) < 4.78 is 13.6. The van der Waals surface area contributed by atoms with E-state index in [2.05, 4.69) is 17.1 Å². The maximum atomic E-state index is 13.6. The van der Waals surface area contributed by atoms with Gasteiger partial charge in [-0.3, -0.25) is 4.79 Å². The Labute approximate surface area is 142 Å². The first-order chi connectivity index (χ1) is 11.1. The second kappa shape index (κ2) is 9.04. The Kier molecular flexibility index (Phi) is 7.06. The first kappa shape index (κ1) is 18.0. The molecular formula is C18H24ClFN2O. The number of amides is 1. The normalized spacial score (nSPS) is 19.2. The second-order valence-electron chi connectivity index (χ2n) is 5.99. The van der Waals surface area contributed by atoms with Crippen LogP contribution in [0.2, 0.25) is 5.02 Å². The molecule has 0 spiro atoms. The summed E-state index contributed by atoms with van der Waals surface area (Å²) in [4.78, 5) is 14.3. The zero-order valence-electron chi connectivity index (χ0n) is 13.5. The number of carbonyl (C=O) groups is 1. The standard InChI is InChI=1S/C18H24ClFN2O/c1-14-6-2-3-12-22(14)13-5-11-21-18(23)10-9-15-16(19)7-4-8-17(15)20/h4,7-10,14H,2-3,5-6,11-13H2,1H3,(H,21,23)/b10-9+/t14-/m1/s1. The van der Waals surface area contributed by atoms with Crippen LogP contribution in [-0.2, 0) is 4.79 Å². The minimum Gasteiger partial charge on any atom is -0.353 e. The fraction of sp³-hybridized carbons (Fsp3) is 0.500. The lowest BCUT2D eigenvalue weighted by Crippen LogP contribution is -2.39. The highest BCUT2D eigenvalue weighted by Gasteiger charge is 2.17. The Morgan fingerprint density at radius 3 is 3.04 bits per heavy atom. The molecule has 1 heterocycles. The number of benzene rings is 1. The Bertz CT molecular complexity index is 542. The highest BCUT2D eigenvalue weighted by molar-refractivity contribution is 6.32. The van der Waals surface area contributed by atoms with Crippen molar-refractivity contribution in [2.24, 2.45) is 0 Å². The monoisotopic (exact) mass is 338 g/mol. The molecule has 126 valence electrons. The first-order valence-electron chi connectivity index (χ1n) is 8.22. The van der Waals surface area contributed by atoms with E-state index in [-0.39, 0.29) is 11.5 Å². The zero-order valence-corrected chi connectivity index (χ0v) is 14.3. The number of nitrogens with zero attached hydrogens (tertiary/aromatic N) is 1. The average Bonchev–Trinajstić information content (AvgIpc) is 2.52. The third-order valence-electron chi connectivity index (χ3n) is 4.26. The van der Waals surface area contributed by atoms with Crippen molar-refractivity contribution < 1.29 is 9.18 Å². The molecule has 0 aliphatic carbocycles. The van der Waals surface area contributed by atoms with Crippen molar-refractivity contribution in [3.05, 3.63) is 40.7 Å². The van der Waals surface area contributed by atoms with E-state index in [4.69, 9.17) is 11.6 Å². The minimum absolute atomic E-state index is 0.226. The molecule has 5 heteroatoms. The van der Waals surface area contributed by atoms with Gasteiger partial charge in [-0.25, -0.2) is 4.39 Å². The quantitative estimate of drug-likeness (QED) is 0.630. The van der Waals surface area contributed by atoms with Crippen molar-refractivity contribution >= 4 is 23.6 Å². The SMILES string of the molecule is C[C@@H]1CCCCN1CCCNC(=O)/C=C/c1c(F)cccc1Cl. The molecule has 23 heavy (non-hydrogen) atoms. The molecule has 0 aromatic heterocycles. The lowest BCUT2D eigenvalue weighted by atomic mass is 10.0. The third-order valence-corrected chi connectivity index (χ3v) is 4.59. The van der Waals surface area contributed by atoms with E-state index in [0.29, 0.717) is 17.6 Å². The summed E-state index contributed by atoms with van der Waals surface area (Å²) in [5.74, 6) is -0.656. The van der Waals surface area contributed by atoms with Crippen molar-refractivity contribution in [1.29, 1.82) is 0 Å². The molecule has 1 amide bonds. The maximum absolute atomic E-state index is 13.6. The van der Waals surface area contributed by atoms with Gasteiger partial charge in [0.1, 0.15) is 5.82 Å². The minimum atomic E-state index is -0.430. The molecule has 2 rings (SSSR count). The molecular weight excluding hydrogens is 315 g/mol. The zero-order chi connectivity index (χ0) is 16.7. The molecule has 1 atom stereocenters. The van der Waals surface area contributed by atoms with Crippen molar-refractivity contribution in [3.63, 3.8) is 0 Å². The van der Waals surface area contributed by atoms with Crippen LogP contribution in [0.3, 0.4) is 0 Å². The largest absolute Gasteiger partial charge is 0.353 e. The Balaban J connectivity index is 1.72. The molecule has 1 N–H and O–H groups in total. The highest BCUT2D eigenvalue weighted by atomic mass is 35.5. The van der Waals surface area contributed by atoms with E-state index in [1.54, 1.807) is 6.07 Å². The molecule has 1 aliphatic heterocycles. The summed E-state index contributed by atoms with van der Waals surface area (Å²) in [5.41, 5.74) is 0.242. The van der Waals surface area contributed by atoms with Gasteiger partial charge in [0.25, 0.3) is 0 Å². The van der Waals surface area contributed by atoms with Crippen molar-refractivity contribution in [1.82, 2.24) is 10.2 Å². The van der Waals surface area contributed by atoms with E-state index in [0.717, 1.165) is 19.5 Å². The van der Waals surface area contributed by atoms with E-state index < -0.39 is 5.82 Å². The summed E-state index contributed by atoms with van der Waals surface area (Å²) in [7, 11) is 0. The van der Waals surface area contributed by atoms with Gasteiger partial charge in [-0.05, 0) is 50.9 Å². The van der Waals surface area contributed by atoms with Crippen molar-refractivity contribution in [2.75, 3.05) is 19.6 Å². The van der Waals surface area contributed by atoms with Crippen molar-refractivity contribution in [2.45, 2.75) is 38.6 Å². The Hall–Kier alpha value is -1.39. The Morgan fingerprint density at radius 2 is 2.30 bits per heavy atom. The summed E-state index contributed by atoms with van der Waals surface area (Å²) in [6.07, 6.45) is 7.51. The number of halogens is 2. The Morgan fingerprint density at radius 1 is 1.48 bits per heavy atom. The topological polar surface area (TPSA) is 32.3 Å². The number of rotatable bonds is 6. The molecule has 1 aromatic carbocycles. The van der Waals surface area contributed by atoms with Crippen LogP contribution in [0.5, 0.6) is 0 Å². The van der Waals surface area contributed by atoms with Gasteiger partial charge < -0.3 is 10.2 Å².